The average Bonchev–Trinajstić information content (AvgIpc) is 2.80. The van der Waals surface area contributed by atoms with Gasteiger partial charge in [-0.1, -0.05) is 19.3 Å². The number of fused-ring (bicyclic) bond motifs is 1. The number of methoxy groups -OCH3 is 2. The molecule has 1 heterocycles. The van der Waals surface area contributed by atoms with Crippen molar-refractivity contribution in [2.24, 2.45) is 23.2 Å². The van der Waals surface area contributed by atoms with Gasteiger partial charge >= 0.3 is 0 Å². The molecular weight excluding hydrogens is 390 g/mol. The van der Waals surface area contributed by atoms with E-state index >= 15 is 0 Å². The molecule has 4 aliphatic carbocycles. The molecule has 7 atom stereocenters. The third-order valence-corrected chi connectivity index (χ3v) is 10.2. The van der Waals surface area contributed by atoms with Crippen molar-refractivity contribution in [2.45, 2.75) is 101 Å². The highest BCUT2D eigenvalue weighted by molar-refractivity contribution is 5.81. The Morgan fingerprint density at radius 3 is 2.58 bits per heavy atom. The van der Waals surface area contributed by atoms with Gasteiger partial charge in [0.25, 0.3) is 0 Å². The number of hydrogen-bond donors (Lipinski definition) is 0. The van der Waals surface area contributed by atoms with E-state index in [4.69, 9.17) is 14.2 Å². The maximum absolute atomic E-state index is 13.0. The summed E-state index contributed by atoms with van der Waals surface area (Å²) < 4.78 is 19.3. The fraction of sp³-hybridized carbons (Fsp3) is 0.962. The van der Waals surface area contributed by atoms with Gasteiger partial charge in [-0.05, 0) is 76.3 Å². The summed E-state index contributed by atoms with van der Waals surface area (Å²) in [6, 6.07) is 0.427. The molecule has 0 aromatic carbocycles. The quantitative estimate of drug-likeness (QED) is 0.649. The molecule has 5 unspecified atom stereocenters. The molecule has 5 rings (SSSR count). The van der Waals surface area contributed by atoms with E-state index in [0.717, 1.165) is 32.4 Å². The number of Topliss-reactive ketones (excluding diaryl/α,β-unsaturated/α-hetero) is 1. The Kier molecular flexibility index (Phi) is 6.26. The van der Waals surface area contributed by atoms with E-state index in [1.54, 1.807) is 0 Å². The van der Waals surface area contributed by atoms with E-state index in [9.17, 15) is 4.79 Å². The molecule has 0 amide bonds. The van der Waals surface area contributed by atoms with Crippen LogP contribution in [-0.2, 0) is 19.0 Å². The number of carbonyl (C=O) groups excluding carboxylic acids is 1. The molecule has 0 N–H and O–H groups in total. The number of hydrogen-bond acceptors (Lipinski definition) is 5. The van der Waals surface area contributed by atoms with Crippen LogP contribution in [0.2, 0.25) is 0 Å². The van der Waals surface area contributed by atoms with Crippen LogP contribution >= 0.6 is 0 Å². The molecule has 5 heteroatoms. The summed E-state index contributed by atoms with van der Waals surface area (Å²) in [6.07, 6.45) is 13.6. The van der Waals surface area contributed by atoms with Crippen LogP contribution in [-0.4, -0.2) is 69.0 Å². The molecule has 0 aromatic heterocycles. The van der Waals surface area contributed by atoms with Crippen LogP contribution in [0.15, 0.2) is 0 Å². The van der Waals surface area contributed by atoms with Crippen molar-refractivity contribution in [1.29, 1.82) is 0 Å². The van der Waals surface area contributed by atoms with Crippen molar-refractivity contribution in [1.82, 2.24) is 4.90 Å². The topological polar surface area (TPSA) is 48.0 Å². The lowest BCUT2D eigenvalue weighted by Crippen LogP contribution is -2.77. The van der Waals surface area contributed by atoms with E-state index in [2.05, 4.69) is 11.9 Å². The van der Waals surface area contributed by atoms with Crippen LogP contribution < -0.4 is 0 Å². The third-order valence-electron chi connectivity index (χ3n) is 10.2. The lowest BCUT2D eigenvalue weighted by molar-refractivity contribution is -0.296. The highest BCUT2D eigenvalue weighted by Gasteiger charge is 2.71. The van der Waals surface area contributed by atoms with Crippen molar-refractivity contribution in [3.63, 3.8) is 0 Å². The summed E-state index contributed by atoms with van der Waals surface area (Å²) in [4.78, 5) is 15.6. The fourth-order valence-corrected chi connectivity index (χ4v) is 8.81. The standard InChI is InChI=1S/C26H43NO4/c1-27-14-13-25-16-20(28)11-12-26(25,31-17-18-7-5-4-6-8-18)22(27)15-19-9-10-21(29-2)24(30-3)23(19)25/h18-19,21-24H,4-17H2,1-3H3/t19?,21?,22?,23?,24?,25-,26-/m1/s1. The van der Waals surface area contributed by atoms with Gasteiger partial charge in [-0.2, -0.15) is 0 Å². The second-order valence-corrected chi connectivity index (χ2v) is 11.4. The van der Waals surface area contributed by atoms with Crippen LogP contribution in [0.3, 0.4) is 0 Å². The predicted molar refractivity (Wildman–Crippen MR) is 120 cm³/mol. The minimum Gasteiger partial charge on any atom is -0.379 e. The zero-order chi connectivity index (χ0) is 21.6. The minimum atomic E-state index is -0.209. The molecule has 0 aromatic rings. The Labute approximate surface area is 188 Å². The second-order valence-electron chi connectivity index (χ2n) is 11.4. The lowest BCUT2D eigenvalue weighted by atomic mass is 9.42. The van der Waals surface area contributed by atoms with Gasteiger partial charge in [-0.25, -0.2) is 0 Å². The molecule has 0 spiro atoms. The molecule has 5 nitrogen and oxygen atoms in total. The lowest BCUT2D eigenvalue weighted by Gasteiger charge is -2.70. The summed E-state index contributed by atoms with van der Waals surface area (Å²) in [6.45, 7) is 1.94. The van der Waals surface area contributed by atoms with E-state index in [1.165, 1.54) is 44.9 Å². The number of ether oxygens (including phenoxy) is 3. The molecule has 5 fully saturated rings. The molecule has 5 aliphatic rings. The van der Waals surface area contributed by atoms with Gasteiger partial charge in [-0.15, -0.1) is 0 Å². The Hall–Kier alpha value is -0.490. The first-order valence-corrected chi connectivity index (χ1v) is 13.0. The Morgan fingerprint density at radius 2 is 1.84 bits per heavy atom. The van der Waals surface area contributed by atoms with Crippen LogP contribution in [0.1, 0.15) is 77.0 Å². The summed E-state index contributed by atoms with van der Waals surface area (Å²) in [5.41, 5.74) is -0.312. The zero-order valence-electron chi connectivity index (χ0n) is 19.9. The van der Waals surface area contributed by atoms with Gasteiger partial charge in [0, 0.05) is 38.5 Å². The van der Waals surface area contributed by atoms with E-state index < -0.39 is 0 Å². The normalized spacial score (nSPS) is 46.4. The molecule has 176 valence electrons. The van der Waals surface area contributed by atoms with Crippen molar-refractivity contribution < 1.29 is 19.0 Å². The molecule has 1 saturated heterocycles. The number of piperidine rings is 1. The first-order chi connectivity index (χ1) is 15.0. The highest BCUT2D eigenvalue weighted by atomic mass is 16.5. The van der Waals surface area contributed by atoms with Gasteiger partial charge < -0.3 is 19.1 Å². The van der Waals surface area contributed by atoms with Crippen molar-refractivity contribution in [3.8, 4) is 0 Å². The molecule has 4 saturated carbocycles. The maximum atomic E-state index is 13.0. The van der Waals surface area contributed by atoms with Crippen molar-refractivity contribution in [3.05, 3.63) is 0 Å². The largest absolute Gasteiger partial charge is 0.379 e. The monoisotopic (exact) mass is 433 g/mol. The number of carbonyl (C=O) groups is 1. The molecule has 1 aliphatic heterocycles. The molecule has 0 radical (unpaired) electrons. The number of ketones is 1. The first kappa shape index (κ1) is 22.3. The van der Waals surface area contributed by atoms with Crippen LogP contribution in [0, 0.1) is 23.2 Å². The number of likely N-dealkylation sites (N-methyl/N-ethyl adjacent to an activating group) is 1. The van der Waals surface area contributed by atoms with Gasteiger partial charge in [0.1, 0.15) is 5.78 Å². The summed E-state index contributed by atoms with van der Waals surface area (Å²) in [5.74, 6) is 2.09. The molecular formula is C26H43NO4. The van der Waals surface area contributed by atoms with Crippen molar-refractivity contribution >= 4 is 5.78 Å². The predicted octanol–water partition coefficient (Wildman–Crippen LogP) is 4.23. The number of rotatable bonds is 5. The second kappa shape index (κ2) is 8.70. The Balaban J connectivity index is 1.54. The zero-order valence-corrected chi connectivity index (χ0v) is 19.9. The van der Waals surface area contributed by atoms with Crippen molar-refractivity contribution in [2.75, 3.05) is 34.4 Å². The van der Waals surface area contributed by atoms with Gasteiger partial charge in [0.2, 0.25) is 0 Å². The first-order valence-electron chi connectivity index (χ1n) is 13.0. The SMILES string of the molecule is COC1CCC2CC3N(C)CC[C@@]4(CC(=O)CC[C@@]34OCC3CCCCC3)C2C1OC. The summed E-state index contributed by atoms with van der Waals surface area (Å²) >= 11 is 0. The maximum Gasteiger partial charge on any atom is 0.133 e. The number of likely N-dealkylation sites (tertiary alicyclic amines) is 1. The summed E-state index contributed by atoms with van der Waals surface area (Å²) in [7, 11) is 5.98. The van der Waals surface area contributed by atoms with E-state index in [1.807, 2.05) is 14.2 Å². The minimum absolute atomic E-state index is 0.0664. The Bertz CT molecular complexity index is 664. The van der Waals surface area contributed by atoms with Gasteiger partial charge in [-0.3, -0.25) is 4.79 Å². The summed E-state index contributed by atoms with van der Waals surface area (Å²) in [5, 5.41) is 0. The van der Waals surface area contributed by atoms with E-state index in [-0.39, 0.29) is 23.2 Å². The fourth-order valence-electron chi connectivity index (χ4n) is 8.81. The van der Waals surface area contributed by atoms with E-state index in [0.29, 0.717) is 42.4 Å². The van der Waals surface area contributed by atoms with Crippen LogP contribution in [0.4, 0.5) is 0 Å². The van der Waals surface area contributed by atoms with Gasteiger partial charge in [0.05, 0.1) is 24.4 Å². The average molecular weight is 434 g/mol. The van der Waals surface area contributed by atoms with Crippen LogP contribution in [0.25, 0.3) is 0 Å². The third kappa shape index (κ3) is 3.45. The highest BCUT2D eigenvalue weighted by Crippen LogP contribution is 2.66. The molecule has 2 bridgehead atoms. The van der Waals surface area contributed by atoms with Crippen LogP contribution in [0.5, 0.6) is 0 Å². The number of nitrogens with zero attached hydrogens (tertiary/aromatic N) is 1. The Morgan fingerprint density at radius 1 is 1.03 bits per heavy atom. The van der Waals surface area contributed by atoms with Gasteiger partial charge in [0.15, 0.2) is 0 Å². The smallest absolute Gasteiger partial charge is 0.133 e. The molecule has 31 heavy (non-hydrogen) atoms.